The van der Waals surface area contributed by atoms with E-state index >= 15 is 0 Å². The number of hydrogen-bond donors (Lipinski definition) is 1. The molecule has 1 N–H and O–H groups in total. The van der Waals surface area contributed by atoms with Crippen LogP contribution in [0.4, 0.5) is 0 Å². The van der Waals surface area contributed by atoms with E-state index in [0.717, 1.165) is 40.7 Å². The van der Waals surface area contributed by atoms with Gasteiger partial charge in [0, 0.05) is 6.42 Å². The Morgan fingerprint density at radius 1 is 0.814 bits per heavy atom. The molecule has 0 aromatic rings. The molecule has 0 bridgehead atoms. The third-order valence-electron chi connectivity index (χ3n) is 8.07. The summed E-state index contributed by atoms with van der Waals surface area (Å²) in [5, 5.41) is 10.1. The number of hydrogen-bond acceptors (Lipinski definition) is 3. The van der Waals surface area contributed by atoms with Gasteiger partial charge in [0.2, 0.25) is 0 Å². The van der Waals surface area contributed by atoms with E-state index in [1.807, 2.05) is 70.2 Å². The molecule has 0 fully saturated rings. The molecular formula is C40H52O3. The van der Waals surface area contributed by atoms with Gasteiger partial charge in [-0.25, -0.2) is 0 Å². The lowest BCUT2D eigenvalue weighted by atomic mass is 9.71. The highest BCUT2D eigenvalue weighted by atomic mass is 16.3. The average molecular weight is 581 g/mol. The molecule has 2 aliphatic carbocycles. The Morgan fingerprint density at radius 2 is 1.42 bits per heavy atom. The smallest absolute Gasteiger partial charge is 0.181 e. The van der Waals surface area contributed by atoms with Crippen LogP contribution in [0.3, 0.4) is 0 Å². The van der Waals surface area contributed by atoms with E-state index in [4.69, 9.17) is 0 Å². The van der Waals surface area contributed by atoms with E-state index in [9.17, 15) is 14.7 Å². The molecule has 1 unspecified atom stereocenters. The third kappa shape index (κ3) is 11.6. The number of ketones is 2. The minimum Gasteiger partial charge on any atom is -0.393 e. The fourth-order valence-corrected chi connectivity index (χ4v) is 5.75. The van der Waals surface area contributed by atoms with Crippen LogP contribution in [0.15, 0.2) is 130 Å². The lowest BCUT2D eigenvalue weighted by Crippen LogP contribution is -2.28. The van der Waals surface area contributed by atoms with Crippen LogP contribution in [-0.2, 0) is 9.59 Å². The largest absolute Gasteiger partial charge is 0.393 e. The second kappa shape index (κ2) is 15.8. The SMILES string of the molecule is CC(C=CC=C(C)C=CC1=C(C)CC(O)CC1(C)C)=CC=CC=C(C)C(=O)C=CC(C)=CC=C1C(C)=CC(=O)CC1(C)C. The Labute approximate surface area is 260 Å². The number of carbonyl (C=O) groups excluding carboxylic acids is 2. The summed E-state index contributed by atoms with van der Waals surface area (Å²) in [6.45, 7) is 20.6. The summed E-state index contributed by atoms with van der Waals surface area (Å²) in [6.07, 6.45) is 29.2. The van der Waals surface area contributed by atoms with Crippen LogP contribution in [0.25, 0.3) is 0 Å². The number of carbonyl (C=O) groups is 2. The van der Waals surface area contributed by atoms with Gasteiger partial charge in [0.1, 0.15) is 0 Å². The Kier molecular flexibility index (Phi) is 13.1. The molecule has 0 spiro atoms. The summed E-state index contributed by atoms with van der Waals surface area (Å²) < 4.78 is 0. The van der Waals surface area contributed by atoms with Crippen molar-refractivity contribution in [1.29, 1.82) is 0 Å². The minimum absolute atomic E-state index is 0.0186. The predicted octanol–water partition coefficient (Wildman–Crippen LogP) is 9.93. The van der Waals surface area contributed by atoms with Crippen LogP contribution in [0, 0.1) is 10.8 Å². The first-order valence-electron chi connectivity index (χ1n) is 15.3. The fraction of sp³-hybridized carbons (Fsp3) is 0.400. The first-order valence-corrected chi connectivity index (χ1v) is 15.3. The van der Waals surface area contributed by atoms with Crippen molar-refractivity contribution in [2.24, 2.45) is 10.8 Å². The van der Waals surface area contributed by atoms with Crippen molar-refractivity contribution in [1.82, 2.24) is 0 Å². The van der Waals surface area contributed by atoms with E-state index in [-0.39, 0.29) is 28.5 Å². The summed E-state index contributed by atoms with van der Waals surface area (Å²) in [5.41, 5.74) is 8.44. The van der Waals surface area contributed by atoms with Crippen LogP contribution in [0.1, 0.15) is 88.5 Å². The Balaban J connectivity index is 1.95. The van der Waals surface area contributed by atoms with Crippen molar-refractivity contribution < 1.29 is 14.7 Å². The van der Waals surface area contributed by atoms with Gasteiger partial charge < -0.3 is 5.11 Å². The van der Waals surface area contributed by atoms with Gasteiger partial charge in [0.25, 0.3) is 0 Å². The molecule has 0 saturated heterocycles. The third-order valence-corrected chi connectivity index (χ3v) is 8.07. The molecule has 0 radical (unpaired) electrons. The lowest BCUT2D eigenvalue weighted by molar-refractivity contribution is -0.116. The predicted molar refractivity (Wildman–Crippen MR) is 184 cm³/mol. The van der Waals surface area contributed by atoms with Gasteiger partial charge in [-0.3, -0.25) is 9.59 Å². The van der Waals surface area contributed by atoms with Crippen molar-refractivity contribution in [3.05, 3.63) is 130 Å². The highest BCUT2D eigenvalue weighted by Crippen LogP contribution is 2.41. The van der Waals surface area contributed by atoms with Crippen LogP contribution in [0.2, 0.25) is 0 Å². The van der Waals surface area contributed by atoms with Crippen LogP contribution >= 0.6 is 0 Å². The summed E-state index contributed by atoms with van der Waals surface area (Å²) >= 11 is 0. The summed E-state index contributed by atoms with van der Waals surface area (Å²) in [4.78, 5) is 24.5. The van der Waals surface area contributed by atoms with E-state index in [0.29, 0.717) is 12.0 Å². The highest BCUT2D eigenvalue weighted by molar-refractivity contribution is 6.03. The molecule has 3 heteroatoms. The van der Waals surface area contributed by atoms with Gasteiger partial charge in [0.05, 0.1) is 6.10 Å². The van der Waals surface area contributed by atoms with Crippen molar-refractivity contribution in [3.8, 4) is 0 Å². The normalized spacial score (nSPS) is 23.5. The molecule has 0 aliphatic heterocycles. The zero-order valence-corrected chi connectivity index (χ0v) is 28.0. The summed E-state index contributed by atoms with van der Waals surface area (Å²) in [5.74, 6) is 0.142. The maximum Gasteiger partial charge on any atom is 0.181 e. The van der Waals surface area contributed by atoms with Gasteiger partial charge in [-0.1, -0.05) is 123 Å². The molecule has 2 aliphatic rings. The van der Waals surface area contributed by atoms with Gasteiger partial charge in [0.15, 0.2) is 11.6 Å². The number of aliphatic hydroxyl groups is 1. The molecule has 0 aromatic heterocycles. The first-order chi connectivity index (χ1) is 20.0. The van der Waals surface area contributed by atoms with E-state index in [1.54, 1.807) is 12.2 Å². The van der Waals surface area contributed by atoms with Crippen LogP contribution in [-0.4, -0.2) is 22.8 Å². The standard InChI is InChI=1S/C40H52O3/c1-28(15-13-16-29(2)18-21-36-32(5)24-34(41)26-39(36,7)8)14-11-12-17-31(4)38(43)23-20-30(3)19-22-37-33(6)25-35(42)27-40(37,9)10/h11-23,25,34,41H,24,26-27H2,1-10H3. The van der Waals surface area contributed by atoms with E-state index in [2.05, 4.69) is 71.9 Å². The number of rotatable bonds is 10. The molecule has 2 rings (SSSR count). The molecule has 43 heavy (non-hydrogen) atoms. The Morgan fingerprint density at radius 3 is 2.07 bits per heavy atom. The monoisotopic (exact) mass is 580 g/mol. The molecule has 3 nitrogen and oxygen atoms in total. The topological polar surface area (TPSA) is 54.4 Å². The van der Waals surface area contributed by atoms with Gasteiger partial charge in [-0.15, -0.1) is 0 Å². The van der Waals surface area contributed by atoms with Gasteiger partial charge in [-0.2, -0.15) is 0 Å². The van der Waals surface area contributed by atoms with Crippen molar-refractivity contribution >= 4 is 11.6 Å². The zero-order chi connectivity index (χ0) is 32.4. The quantitative estimate of drug-likeness (QED) is 0.207. The van der Waals surface area contributed by atoms with Gasteiger partial charge in [-0.05, 0) is 99.7 Å². The average Bonchev–Trinajstić information content (AvgIpc) is 2.87. The Bertz CT molecular complexity index is 1420. The zero-order valence-electron chi connectivity index (χ0n) is 28.0. The van der Waals surface area contributed by atoms with Gasteiger partial charge >= 0.3 is 0 Å². The van der Waals surface area contributed by atoms with Crippen molar-refractivity contribution in [3.63, 3.8) is 0 Å². The molecule has 0 amide bonds. The lowest BCUT2D eigenvalue weighted by Gasteiger charge is -2.35. The molecule has 1 atom stereocenters. The Hall–Kier alpha value is -3.56. The van der Waals surface area contributed by atoms with Crippen LogP contribution < -0.4 is 0 Å². The molecule has 230 valence electrons. The molecule has 0 heterocycles. The van der Waals surface area contributed by atoms with E-state index in [1.165, 1.54) is 11.1 Å². The molecule has 0 aromatic carbocycles. The first kappa shape index (κ1) is 35.6. The van der Waals surface area contributed by atoms with Crippen molar-refractivity contribution in [2.45, 2.75) is 94.6 Å². The maximum atomic E-state index is 12.6. The van der Waals surface area contributed by atoms with E-state index < -0.39 is 0 Å². The second-order valence-corrected chi connectivity index (χ2v) is 13.4. The molecule has 0 saturated carbocycles. The van der Waals surface area contributed by atoms with Crippen LogP contribution in [0.5, 0.6) is 0 Å². The molecular weight excluding hydrogens is 528 g/mol. The van der Waals surface area contributed by atoms with Crippen molar-refractivity contribution in [2.75, 3.05) is 0 Å². The number of aliphatic hydroxyl groups excluding tert-OH is 1. The minimum atomic E-state index is -0.246. The number of allylic oxidation sites excluding steroid dienone is 21. The summed E-state index contributed by atoms with van der Waals surface area (Å²) in [6, 6.07) is 0. The maximum absolute atomic E-state index is 12.6. The second-order valence-electron chi connectivity index (χ2n) is 13.4. The summed E-state index contributed by atoms with van der Waals surface area (Å²) in [7, 11) is 0. The fourth-order valence-electron chi connectivity index (χ4n) is 5.75. The highest BCUT2D eigenvalue weighted by Gasteiger charge is 2.31.